The molecule has 1 fully saturated rings. The topological polar surface area (TPSA) is 733 Å². The summed E-state index contributed by atoms with van der Waals surface area (Å²) in [5.74, 6) is -22.9. The molecule has 562 valence electrons. The van der Waals surface area contributed by atoms with Crippen molar-refractivity contribution >= 4 is 113 Å². The molecule has 13 atom stereocenters. The number of rotatable bonds is 48. The zero-order valence-corrected chi connectivity index (χ0v) is 55.6. The lowest BCUT2D eigenvalue weighted by Crippen LogP contribution is -2.60. The standard InChI is InChI=1S/C57H95N19O24/c1-25(2)19-28(59)46(89)68-31(12-14-38(60)79)50(93)69-30(9-5-6-16-58)49(92)71-34(21-42(84)85)51(94)70-32(13-15-41(82)83)55(98)76-18-8-11-37(76)54(97)73-33(20-39(61)80)47(90)65-23-40(81)67-29(10-7-17-64-57(62)63)48(91)66-26(3)45(88)74-36(24-77)53(96)72-35(22-43(86)87)52(95)75-44(27(4)78)56(99)100/h25-37,44,77-78H,5-24,58-59H2,1-4H3,(H2,60,79)(H2,61,80)(H,65,90)(H,66,91)(H,67,81)(H,68,89)(H,69,93)(H,70,94)(H,71,92)(H,72,96)(H,73,97)(H,74,88)(H,75,95)(H,82,83)(H,84,85)(H,86,87)(H,99,100)(H4,62,63,64)/t26-,27+,28-,29-,30-,31-,32-,33-,34-,35-,36-,37-,44-/m0/s1. The van der Waals surface area contributed by atoms with Crippen LogP contribution < -0.4 is 92.9 Å². The van der Waals surface area contributed by atoms with Crippen molar-refractivity contribution in [3.05, 3.63) is 0 Å². The first-order chi connectivity index (χ1) is 46.7. The number of nitrogens with zero attached hydrogens (tertiary/aromatic N) is 2. The van der Waals surface area contributed by atoms with Crippen LogP contribution in [0.4, 0.5) is 0 Å². The van der Waals surface area contributed by atoms with Crippen molar-refractivity contribution in [3.63, 3.8) is 0 Å². The van der Waals surface area contributed by atoms with Crippen LogP contribution in [0.3, 0.4) is 0 Å². The predicted octanol–water partition coefficient (Wildman–Crippen LogP) is -11.1. The van der Waals surface area contributed by atoms with Crippen molar-refractivity contribution in [1.82, 2.24) is 63.4 Å². The Hall–Kier alpha value is -10.4. The number of aliphatic carboxylic acids is 4. The van der Waals surface area contributed by atoms with Crippen LogP contribution in [0.5, 0.6) is 0 Å². The molecule has 0 bridgehead atoms. The zero-order chi connectivity index (χ0) is 76.3. The number of unbranched alkanes of at least 4 members (excludes halogenated alkanes) is 1. The van der Waals surface area contributed by atoms with E-state index in [4.69, 9.17) is 34.4 Å². The largest absolute Gasteiger partial charge is 0.481 e. The lowest BCUT2D eigenvalue weighted by atomic mass is 10.0. The van der Waals surface area contributed by atoms with Gasteiger partial charge in [0.05, 0.1) is 44.6 Å². The van der Waals surface area contributed by atoms with Crippen LogP contribution in [0, 0.1) is 5.92 Å². The monoisotopic (exact) mass is 1430 g/mol. The van der Waals surface area contributed by atoms with E-state index in [1.165, 1.54) is 0 Å². The fourth-order valence-electron chi connectivity index (χ4n) is 9.60. The van der Waals surface area contributed by atoms with E-state index in [1.807, 2.05) is 10.6 Å². The number of hydrogen-bond donors (Lipinski definition) is 23. The minimum atomic E-state index is -2.05. The molecule has 43 nitrogen and oxygen atoms in total. The van der Waals surface area contributed by atoms with E-state index in [1.54, 1.807) is 13.8 Å². The zero-order valence-electron chi connectivity index (χ0n) is 55.6. The first-order valence-corrected chi connectivity index (χ1v) is 31.6. The van der Waals surface area contributed by atoms with Crippen molar-refractivity contribution in [2.24, 2.45) is 45.3 Å². The lowest BCUT2D eigenvalue weighted by molar-refractivity contribution is -0.146. The average molecular weight is 1430 g/mol. The van der Waals surface area contributed by atoms with Crippen LogP contribution in [0.15, 0.2) is 4.99 Å². The van der Waals surface area contributed by atoms with Crippen LogP contribution >= 0.6 is 0 Å². The van der Waals surface area contributed by atoms with Gasteiger partial charge in [-0.1, -0.05) is 13.8 Å². The van der Waals surface area contributed by atoms with Gasteiger partial charge in [-0.05, 0) is 90.5 Å². The van der Waals surface area contributed by atoms with Crippen molar-refractivity contribution in [3.8, 4) is 0 Å². The van der Waals surface area contributed by atoms with E-state index in [2.05, 4.69) is 52.8 Å². The number of carboxylic acid groups (broad SMARTS) is 4. The maximum absolute atomic E-state index is 14.4. The average Bonchev–Trinajstić information content (AvgIpc) is 1.64. The number of amides is 14. The van der Waals surface area contributed by atoms with Crippen LogP contribution in [-0.2, 0) is 86.3 Å². The van der Waals surface area contributed by atoms with Gasteiger partial charge in [0.2, 0.25) is 82.7 Å². The Labute approximate surface area is 572 Å². The molecule has 1 heterocycles. The number of aliphatic imine (C=N–C) groups is 1. The third-order valence-electron chi connectivity index (χ3n) is 14.8. The molecule has 43 heteroatoms. The third-order valence-corrected chi connectivity index (χ3v) is 14.8. The van der Waals surface area contributed by atoms with E-state index in [-0.39, 0.29) is 82.9 Å². The molecule has 29 N–H and O–H groups in total. The molecule has 14 amide bonds. The number of nitrogens with two attached hydrogens (primary N) is 6. The molecule has 0 spiro atoms. The second-order valence-corrected chi connectivity index (χ2v) is 23.7. The fraction of sp³-hybridized carbons (Fsp3) is 0.667. The molecule has 0 unspecified atom stereocenters. The highest BCUT2D eigenvalue weighted by Crippen LogP contribution is 2.21. The minimum absolute atomic E-state index is 0.0297. The Bertz CT molecular complexity index is 2970. The van der Waals surface area contributed by atoms with E-state index in [0.717, 1.165) is 18.7 Å². The van der Waals surface area contributed by atoms with Gasteiger partial charge in [0.15, 0.2) is 12.0 Å². The quantitative estimate of drug-likeness (QED) is 0.0153. The number of primary amides is 2. The van der Waals surface area contributed by atoms with Crippen LogP contribution in [0.25, 0.3) is 0 Å². The number of aliphatic hydroxyl groups excluding tert-OH is 2. The maximum Gasteiger partial charge on any atom is 0.328 e. The Balaban J connectivity index is 3.42. The van der Waals surface area contributed by atoms with Gasteiger partial charge in [-0.2, -0.15) is 0 Å². The normalized spacial score (nSPS) is 16.1. The highest BCUT2D eigenvalue weighted by atomic mass is 16.4. The molecule has 0 aromatic carbocycles. The number of carbonyl (C=O) groups is 18. The number of guanidine groups is 1. The summed E-state index contributed by atoms with van der Waals surface area (Å²) >= 11 is 0. The molecule has 100 heavy (non-hydrogen) atoms. The first kappa shape index (κ1) is 87.6. The third kappa shape index (κ3) is 33.2. The second-order valence-electron chi connectivity index (χ2n) is 23.7. The van der Waals surface area contributed by atoms with Gasteiger partial charge < -0.3 is 128 Å². The highest BCUT2D eigenvalue weighted by molar-refractivity contribution is 6.01. The number of aliphatic hydroxyl groups is 2. The Kier molecular flexibility index (Phi) is 39.0. The number of hydrogen-bond acceptors (Lipinski definition) is 23. The summed E-state index contributed by atoms with van der Waals surface area (Å²) < 4.78 is 0. The molecule has 1 saturated heterocycles. The number of carboxylic acids is 4. The SMILES string of the molecule is CC(C)C[C@H](N)C(=O)N[C@@H](CCC(N)=O)C(=O)N[C@@H](CCCCN)C(=O)N[C@@H](CC(=O)O)C(=O)N[C@@H](CCC(=O)O)C(=O)N1CCC[C@H]1C(=O)N[C@@H](CC(N)=O)C(=O)NCC(=O)N[C@@H](CCCN=C(N)N)C(=O)N[C@@H](C)C(=O)N[C@@H](CO)C(=O)N[C@@H](CC(=O)O)C(=O)N[C@H](C(=O)O)[C@@H](C)O. The van der Waals surface area contributed by atoms with Crippen molar-refractivity contribution in [1.29, 1.82) is 0 Å². The molecule has 0 radical (unpaired) electrons. The molecule has 0 saturated carbocycles. The first-order valence-electron chi connectivity index (χ1n) is 31.6. The van der Waals surface area contributed by atoms with Crippen molar-refractivity contribution in [2.45, 2.75) is 203 Å². The van der Waals surface area contributed by atoms with Gasteiger partial charge in [-0.15, -0.1) is 0 Å². The van der Waals surface area contributed by atoms with Gasteiger partial charge in [0, 0.05) is 25.9 Å². The van der Waals surface area contributed by atoms with Crippen molar-refractivity contribution < 1.29 is 117 Å². The van der Waals surface area contributed by atoms with Gasteiger partial charge in [0.1, 0.15) is 60.4 Å². The summed E-state index contributed by atoms with van der Waals surface area (Å²) in [5.41, 5.74) is 33.2. The summed E-state index contributed by atoms with van der Waals surface area (Å²) in [7, 11) is 0. The molecule has 1 aliphatic heterocycles. The Morgan fingerprint density at radius 3 is 1.50 bits per heavy atom. The van der Waals surface area contributed by atoms with Gasteiger partial charge in [-0.25, -0.2) is 4.79 Å². The summed E-state index contributed by atoms with van der Waals surface area (Å²) in [6.45, 7) is 3.22. The minimum Gasteiger partial charge on any atom is -0.481 e. The molecule has 0 aliphatic carbocycles. The van der Waals surface area contributed by atoms with E-state index in [0.29, 0.717) is 6.42 Å². The van der Waals surface area contributed by atoms with Gasteiger partial charge >= 0.3 is 23.9 Å². The number of nitrogens with one attached hydrogen (secondary N) is 11. The molecular formula is C57H95N19O24. The van der Waals surface area contributed by atoms with Gasteiger partial charge in [0.25, 0.3) is 0 Å². The second kappa shape index (κ2) is 44.5. The molecule has 0 aromatic rings. The smallest absolute Gasteiger partial charge is 0.328 e. The molecular weight excluding hydrogens is 1330 g/mol. The summed E-state index contributed by atoms with van der Waals surface area (Å²) in [6, 6.07) is -20.6. The Morgan fingerprint density at radius 2 is 0.990 bits per heavy atom. The number of carbonyl (C=O) groups excluding carboxylic acids is 14. The van der Waals surface area contributed by atoms with Crippen LogP contribution in [-0.4, -0.2) is 259 Å². The Morgan fingerprint density at radius 1 is 0.510 bits per heavy atom. The lowest BCUT2D eigenvalue weighted by Gasteiger charge is -2.30. The van der Waals surface area contributed by atoms with Gasteiger partial charge in [-0.3, -0.25) is 86.5 Å². The molecule has 1 aliphatic rings. The van der Waals surface area contributed by atoms with Crippen molar-refractivity contribution in [2.75, 3.05) is 32.8 Å². The maximum atomic E-state index is 14.4. The fourth-order valence-corrected chi connectivity index (χ4v) is 9.60. The molecule has 1 rings (SSSR count). The van der Waals surface area contributed by atoms with E-state index < -0.39 is 237 Å². The molecule has 0 aromatic heterocycles. The number of likely N-dealkylation sites (tertiary alicyclic amines) is 1. The van der Waals surface area contributed by atoms with Crippen LogP contribution in [0.2, 0.25) is 0 Å². The van der Waals surface area contributed by atoms with E-state index >= 15 is 0 Å². The summed E-state index contributed by atoms with van der Waals surface area (Å²) in [4.78, 5) is 239. The van der Waals surface area contributed by atoms with E-state index in [9.17, 15) is 117 Å². The highest BCUT2D eigenvalue weighted by Gasteiger charge is 2.41. The van der Waals surface area contributed by atoms with Crippen LogP contribution in [0.1, 0.15) is 124 Å². The summed E-state index contributed by atoms with van der Waals surface area (Å²) in [5, 5.41) is 82.1. The predicted molar refractivity (Wildman–Crippen MR) is 343 cm³/mol. The summed E-state index contributed by atoms with van der Waals surface area (Å²) in [6.07, 6.45) is -7.09.